The van der Waals surface area contributed by atoms with Gasteiger partial charge >= 0.3 is 0 Å². The number of para-hydroxylation sites is 2. The van der Waals surface area contributed by atoms with Crippen molar-refractivity contribution in [3.05, 3.63) is 72.3 Å². The molecule has 0 radical (unpaired) electrons. The summed E-state index contributed by atoms with van der Waals surface area (Å²) < 4.78 is 6.03. The Bertz CT molecular complexity index is 1230. The average Bonchev–Trinajstić information content (AvgIpc) is 3.29. The molecule has 3 heterocycles. The van der Waals surface area contributed by atoms with E-state index in [1.165, 1.54) is 0 Å². The van der Waals surface area contributed by atoms with Crippen molar-refractivity contribution in [2.75, 3.05) is 18.0 Å². The number of hydrogen-bond acceptors (Lipinski definition) is 7. The fourth-order valence-corrected chi connectivity index (χ4v) is 4.18. The van der Waals surface area contributed by atoms with Crippen molar-refractivity contribution in [3.8, 4) is 11.6 Å². The van der Waals surface area contributed by atoms with Crippen LogP contribution < -0.4 is 9.64 Å². The van der Waals surface area contributed by atoms with E-state index in [1.54, 1.807) is 36.7 Å². The number of imidazole rings is 1. The lowest BCUT2D eigenvalue weighted by Crippen LogP contribution is -2.37. The minimum Gasteiger partial charge on any atom is -0.436 e. The van der Waals surface area contributed by atoms with E-state index in [2.05, 4.69) is 24.8 Å². The number of hydrogen-bond donors (Lipinski definition) is 2. The number of aliphatic hydroxyl groups is 1. The standard InChI is InChI=1S/C25H25N5O3/c1-16(31)17-10-14-30(15-11-17)24-25(27-13-12-26-24)33-19-8-6-18(7-9-19)22(32)23-28-20-4-2-3-5-21(20)29-23/h2-9,12-13,16-17,31H,10-11,14-15H2,1H3,(H,28,29)/t16-/m1/s1. The van der Waals surface area contributed by atoms with E-state index in [0.29, 0.717) is 34.8 Å². The zero-order valence-corrected chi connectivity index (χ0v) is 18.3. The van der Waals surface area contributed by atoms with Crippen molar-refractivity contribution in [3.63, 3.8) is 0 Å². The predicted octanol–water partition coefficient (Wildman–Crippen LogP) is 3.97. The molecule has 0 unspecified atom stereocenters. The summed E-state index contributed by atoms with van der Waals surface area (Å²) in [7, 11) is 0. The second kappa shape index (κ2) is 8.99. The van der Waals surface area contributed by atoms with Gasteiger partial charge in [-0.3, -0.25) is 4.79 Å². The van der Waals surface area contributed by atoms with Gasteiger partial charge in [-0.05, 0) is 62.1 Å². The minimum atomic E-state index is -0.300. The zero-order valence-electron chi connectivity index (χ0n) is 18.3. The number of anilines is 1. The van der Waals surface area contributed by atoms with Crippen molar-refractivity contribution in [1.82, 2.24) is 19.9 Å². The van der Waals surface area contributed by atoms with Gasteiger partial charge in [0.05, 0.1) is 17.1 Å². The fraction of sp³-hybridized carbons (Fsp3) is 0.280. The van der Waals surface area contributed by atoms with Gasteiger partial charge in [-0.15, -0.1) is 0 Å². The van der Waals surface area contributed by atoms with Crippen molar-refractivity contribution in [1.29, 1.82) is 0 Å². The van der Waals surface area contributed by atoms with E-state index >= 15 is 0 Å². The first-order chi connectivity index (χ1) is 16.1. The minimum absolute atomic E-state index is 0.182. The van der Waals surface area contributed by atoms with Gasteiger partial charge < -0.3 is 19.7 Å². The van der Waals surface area contributed by atoms with Crippen molar-refractivity contribution < 1.29 is 14.6 Å². The number of aromatic nitrogens is 4. The van der Waals surface area contributed by atoms with E-state index in [1.807, 2.05) is 31.2 Å². The topological polar surface area (TPSA) is 104 Å². The summed E-state index contributed by atoms with van der Waals surface area (Å²) >= 11 is 0. The Morgan fingerprint density at radius 1 is 1.09 bits per heavy atom. The Hall–Kier alpha value is -3.78. The molecule has 0 bridgehead atoms. The SMILES string of the molecule is C[C@@H](O)C1CCN(c2nccnc2Oc2ccc(C(=O)c3nc4ccccc4[nH]3)cc2)CC1. The number of aliphatic hydroxyl groups excluding tert-OH is 1. The Morgan fingerprint density at radius 2 is 1.82 bits per heavy atom. The normalized spacial score (nSPS) is 15.5. The third-order valence-electron chi connectivity index (χ3n) is 6.10. The number of nitrogens with zero attached hydrogens (tertiary/aromatic N) is 4. The highest BCUT2D eigenvalue weighted by molar-refractivity contribution is 6.08. The first-order valence-corrected chi connectivity index (χ1v) is 11.1. The molecule has 168 valence electrons. The van der Waals surface area contributed by atoms with Crippen LogP contribution in [-0.4, -0.2) is 50.0 Å². The quantitative estimate of drug-likeness (QED) is 0.435. The lowest BCUT2D eigenvalue weighted by atomic mass is 9.92. The molecule has 4 aromatic rings. The molecule has 1 aliphatic heterocycles. The molecule has 2 N–H and O–H groups in total. The van der Waals surface area contributed by atoms with Crippen LogP contribution in [0.2, 0.25) is 0 Å². The van der Waals surface area contributed by atoms with E-state index < -0.39 is 0 Å². The van der Waals surface area contributed by atoms with Gasteiger partial charge in [-0.25, -0.2) is 15.0 Å². The van der Waals surface area contributed by atoms with E-state index in [0.717, 1.165) is 37.0 Å². The summed E-state index contributed by atoms with van der Waals surface area (Å²) in [5, 5.41) is 9.85. The van der Waals surface area contributed by atoms with E-state index in [4.69, 9.17) is 4.74 Å². The van der Waals surface area contributed by atoms with Gasteiger partial charge in [0.25, 0.3) is 5.88 Å². The van der Waals surface area contributed by atoms with Crippen LogP contribution in [0.5, 0.6) is 11.6 Å². The molecule has 1 saturated heterocycles. The second-order valence-electron chi connectivity index (χ2n) is 8.31. The Labute approximate surface area is 191 Å². The number of carbonyl (C=O) groups excluding carboxylic acids is 1. The highest BCUT2D eigenvalue weighted by Crippen LogP contribution is 2.31. The van der Waals surface area contributed by atoms with Crippen LogP contribution in [0.25, 0.3) is 11.0 Å². The van der Waals surface area contributed by atoms with Crippen LogP contribution in [0.3, 0.4) is 0 Å². The van der Waals surface area contributed by atoms with Crippen LogP contribution in [0.4, 0.5) is 5.82 Å². The summed E-state index contributed by atoms with van der Waals surface area (Å²) in [4.78, 5) is 31.3. The van der Waals surface area contributed by atoms with Crippen LogP contribution in [-0.2, 0) is 0 Å². The number of carbonyl (C=O) groups is 1. The first kappa shape index (κ1) is 21.1. The third kappa shape index (κ3) is 4.42. The number of nitrogens with one attached hydrogen (secondary N) is 1. The van der Waals surface area contributed by atoms with Crippen molar-refractivity contribution in [2.24, 2.45) is 5.92 Å². The van der Waals surface area contributed by atoms with Gasteiger partial charge in [0, 0.05) is 31.0 Å². The van der Waals surface area contributed by atoms with Gasteiger partial charge in [-0.1, -0.05) is 12.1 Å². The maximum Gasteiger partial charge on any atom is 0.263 e. The Balaban J connectivity index is 1.30. The molecule has 0 saturated carbocycles. The number of ether oxygens (including phenoxy) is 1. The molecule has 1 atom stereocenters. The zero-order chi connectivity index (χ0) is 22.8. The monoisotopic (exact) mass is 443 g/mol. The lowest BCUT2D eigenvalue weighted by molar-refractivity contribution is 0.103. The smallest absolute Gasteiger partial charge is 0.263 e. The third-order valence-corrected chi connectivity index (χ3v) is 6.10. The molecule has 5 rings (SSSR count). The molecule has 33 heavy (non-hydrogen) atoms. The average molecular weight is 444 g/mol. The number of fused-ring (bicyclic) bond motifs is 1. The highest BCUT2D eigenvalue weighted by atomic mass is 16.5. The van der Waals surface area contributed by atoms with Gasteiger partial charge in [0.15, 0.2) is 11.6 Å². The molecule has 0 amide bonds. The molecule has 2 aromatic carbocycles. The van der Waals surface area contributed by atoms with Crippen LogP contribution in [0, 0.1) is 5.92 Å². The van der Waals surface area contributed by atoms with Gasteiger partial charge in [0.2, 0.25) is 5.78 Å². The number of rotatable bonds is 6. The Morgan fingerprint density at radius 3 is 2.55 bits per heavy atom. The maximum absolute atomic E-state index is 12.8. The van der Waals surface area contributed by atoms with Crippen LogP contribution in [0.1, 0.15) is 35.9 Å². The molecular formula is C25H25N5O3. The number of aromatic amines is 1. The van der Waals surface area contributed by atoms with Crippen LogP contribution >= 0.6 is 0 Å². The molecule has 1 aliphatic rings. The molecule has 0 spiro atoms. The van der Waals surface area contributed by atoms with Crippen molar-refractivity contribution in [2.45, 2.75) is 25.9 Å². The molecule has 8 nitrogen and oxygen atoms in total. The van der Waals surface area contributed by atoms with Crippen molar-refractivity contribution >= 4 is 22.6 Å². The summed E-state index contributed by atoms with van der Waals surface area (Å²) in [5.41, 5.74) is 2.10. The van der Waals surface area contributed by atoms with Crippen LogP contribution in [0.15, 0.2) is 60.9 Å². The van der Waals surface area contributed by atoms with E-state index in [-0.39, 0.29) is 11.9 Å². The number of ketones is 1. The fourth-order valence-electron chi connectivity index (χ4n) is 4.18. The number of H-pyrrole nitrogens is 1. The van der Waals surface area contributed by atoms with E-state index in [9.17, 15) is 9.90 Å². The molecule has 2 aromatic heterocycles. The van der Waals surface area contributed by atoms with Gasteiger partial charge in [0.1, 0.15) is 5.75 Å². The second-order valence-corrected chi connectivity index (χ2v) is 8.31. The number of piperidine rings is 1. The molecular weight excluding hydrogens is 418 g/mol. The lowest BCUT2D eigenvalue weighted by Gasteiger charge is -2.34. The first-order valence-electron chi connectivity index (χ1n) is 11.1. The maximum atomic E-state index is 12.8. The molecule has 0 aliphatic carbocycles. The molecule has 1 fully saturated rings. The summed E-state index contributed by atoms with van der Waals surface area (Å²) in [6.45, 7) is 3.42. The largest absolute Gasteiger partial charge is 0.436 e. The summed E-state index contributed by atoms with van der Waals surface area (Å²) in [6, 6.07) is 14.5. The number of benzene rings is 2. The summed E-state index contributed by atoms with van der Waals surface area (Å²) in [5.74, 6) is 2.10. The van der Waals surface area contributed by atoms with Gasteiger partial charge in [-0.2, -0.15) is 0 Å². The predicted molar refractivity (Wildman–Crippen MR) is 125 cm³/mol. The Kier molecular flexibility index (Phi) is 5.75. The summed E-state index contributed by atoms with van der Waals surface area (Å²) in [6.07, 6.45) is 4.74. The molecule has 8 heteroatoms. The highest BCUT2D eigenvalue weighted by Gasteiger charge is 2.25.